The van der Waals surface area contributed by atoms with Crippen LogP contribution in [0.3, 0.4) is 0 Å². The average molecular weight is 544 g/mol. The molecule has 1 aromatic heterocycles. The molecule has 4 nitrogen and oxygen atoms in total. The molecule has 0 unspecified atom stereocenters. The molecule has 0 amide bonds. The van der Waals surface area contributed by atoms with Gasteiger partial charge in [-0.05, 0) is 49.2 Å². The Morgan fingerprint density at radius 3 is 1.98 bits per heavy atom. The average Bonchev–Trinajstić information content (AvgIpc) is 3.38. The minimum atomic E-state index is 0.831. The molecule has 4 aromatic carbocycles. The minimum Gasteiger partial charge on any atom is -0.457 e. The molecule has 0 aliphatic rings. The van der Waals surface area contributed by atoms with Gasteiger partial charge in [0.2, 0.25) is 0 Å². The molecule has 0 saturated heterocycles. The number of imidazole rings is 1. The van der Waals surface area contributed by atoms with Gasteiger partial charge in [0.15, 0.2) is 0 Å². The maximum absolute atomic E-state index is 6.16. The van der Waals surface area contributed by atoms with E-state index in [2.05, 4.69) is 102 Å². The predicted molar refractivity (Wildman–Crippen MR) is 170 cm³/mol. The summed E-state index contributed by atoms with van der Waals surface area (Å²) in [6, 6.07) is 39.8. The van der Waals surface area contributed by atoms with Gasteiger partial charge in [-0.3, -0.25) is 4.90 Å². The first kappa shape index (κ1) is 28.4. The zero-order valence-electron chi connectivity index (χ0n) is 24.4. The highest BCUT2D eigenvalue weighted by molar-refractivity contribution is 5.68. The Morgan fingerprint density at radius 2 is 1.29 bits per heavy atom. The summed E-state index contributed by atoms with van der Waals surface area (Å²) in [7, 11) is 0. The highest BCUT2D eigenvalue weighted by Gasteiger charge is 2.22. The monoisotopic (exact) mass is 543 g/mol. The lowest BCUT2D eigenvalue weighted by molar-refractivity contribution is 0.246. The number of para-hydroxylation sites is 1. The number of hydrogen-bond donors (Lipinski definition) is 0. The van der Waals surface area contributed by atoms with E-state index in [-0.39, 0.29) is 0 Å². The Morgan fingerprint density at radius 1 is 0.659 bits per heavy atom. The maximum atomic E-state index is 6.16. The molecular weight excluding hydrogens is 502 g/mol. The van der Waals surface area contributed by atoms with E-state index in [0.717, 1.165) is 80.4 Å². The van der Waals surface area contributed by atoms with Crippen molar-refractivity contribution in [2.45, 2.75) is 59.2 Å². The first-order valence-corrected chi connectivity index (χ1v) is 15.0. The van der Waals surface area contributed by atoms with Crippen molar-refractivity contribution in [1.82, 2.24) is 14.5 Å². The summed E-state index contributed by atoms with van der Waals surface area (Å²) in [4.78, 5) is 7.90. The van der Waals surface area contributed by atoms with Crippen molar-refractivity contribution in [3.63, 3.8) is 0 Å². The summed E-state index contributed by atoms with van der Waals surface area (Å²) in [5.74, 6) is 2.78. The van der Waals surface area contributed by atoms with E-state index < -0.39 is 0 Å². The molecule has 0 fully saturated rings. The fraction of sp³-hybridized carbons (Fsp3) is 0.270. The van der Waals surface area contributed by atoms with Crippen molar-refractivity contribution < 1.29 is 4.74 Å². The van der Waals surface area contributed by atoms with Crippen LogP contribution in [0.25, 0.3) is 22.6 Å². The first-order valence-electron chi connectivity index (χ1n) is 15.0. The molecule has 0 aliphatic carbocycles. The molecular formula is C37H41N3O. The Balaban J connectivity index is 1.50. The van der Waals surface area contributed by atoms with Gasteiger partial charge in [0.05, 0.1) is 11.4 Å². The molecule has 0 atom stereocenters. The fourth-order valence-electron chi connectivity index (χ4n) is 5.24. The van der Waals surface area contributed by atoms with Crippen LogP contribution in [0.4, 0.5) is 0 Å². The van der Waals surface area contributed by atoms with Crippen molar-refractivity contribution in [2.24, 2.45) is 0 Å². The van der Waals surface area contributed by atoms with Gasteiger partial charge in [-0.25, -0.2) is 4.98 Å². The van der Waals surface area contributed by atoms with Crippen molar-refractivity contribution in [3.8, 4) is 34.1 Å². The Hall–Kier alpha value is -4.15. The van der Waals surface area contributed by atoms with Gasteiger partial charge >= 0.3 is 0 Å². The van der Waals surface area contributed by atoms with Crippen molar-refractivity contribution in [2.75, 3.05) is 6.54 Å². The summed E-state index contributed by atoms with van der Waals surface area (Å²) in [5.41, 5.74) is 5.96. The maximum Gasteiger partial charge on any atom is 0.140 e. The second-order valence-corrected chi connectivity index (χ2v) is 10.6. The van der Waals surface area contributed by atoms with Crippen LogP contribution >= 0.6 is 0 Å². The van der Waals surface area contributed by atoms with Crippen LogP contribution in [0.5, 0.6) is 11.5 Å². The van der Waals surface area contributed by atoms with E-state index in [0.29, 0.717) is 0 Å². The van der Waals surface area contributed by atoms with Crippen LogP contribution in [0.1, 0.15) is 50.8 Å². The minimum absolute atomic E-state index is 0.831. The van der Waals surface area contributed by atoms with E-state index >= 15 is 0 Å². The second kappa shape index (κ2) is 14.5. The van der Waals surface area contributed by atoms with Crippen LogP contribution in [-0.2, 0) is 19.6 Å². The van der Waals surface area contributed by atoms with Crippen LogP contribution in [0.15, 0.2) is 115 Å². The molecule has 0 saturated carbocycles. The second-order valence-electron chi connectivity index (χ2n) is 10.6. The van der Waals surface area contributed by atoms with Gasteiger partial charge in [-0.15, -0.1) is 0 Å². The molecule has 0 aliphatic heterocycles. The van der Waals surface area contributed by atoms with Crippen molar-refractivity contribution in [3.05, 3.63) is 127 Å². The number of unbranched alkanes of at least 4 members (excludes halogenated alkanes) is 2. The third-order valence-corrected chi connectivity index (χ3v) is 7.37. The molecule has 0 bridgehead atoms. The summed E-state index contributed by atoms with van der Waals surface area (Å²) < 4.78 is 8.64. The van der Waals surface area contributed by atoms with E-state index in [1.807, 2.05) is 36.4 Å². The van der Waals surface area contributed by atoms with E-state index in [4.69, 9.17) is 9.72 Å². The Bertz CT molecular complexity index is 1480. The number of ether oxygens (including phenoxy) is 1. The quantitative estimate of drug-likeness (QED) is 0.140. The third-order valence-electron chi connectivity index (χ3n) is 7.37. The summed E-state index contributed by atoms with van der Waals surface area (Å²) >= 11 is 0. The van der Waals surface area contributed by atoms with Gasteiger partial charge in [-0.1, -0.05) is 118 Å². The highest BCUT2D eigenvalue weighted by Crippen LogP contribution is 2.32. The highest BCUT2D eigenvalue weighted by atomic mass is 16.5. The Kier molecular flexibility index (Phi) is 10.0. The van der Waals surface area contributed by atoms with E-state index in [1.165, 1.54) is 16.8 Å². The molecule has 0 spiro atoms. The Labute approximate surface area is 245 Å². The summed E-state index contributed by atoms with van der Waals surface area (Å²) in [6.45, 7) is 8.18. The normalized spacial score (nSPS) is 11.2. The number of nitrogens with zero attached hydrogens (tertiary/aromatic N) is 3. The zero-order valence-corrected chi connectivity index (χ0v) is 24.4. The van der Waals surface area contributed by atoms with Gasteiger partial charge in [0.1, 0.15) is 17.3 Å². The lowest BCUT2D eigenvalue weighted by Crippen LogP contribution is -2.26. The molecule has 41 heavy (non-hydrogen) atoms. The van der Waals surface area contributed by atoms with Gasteiger partial charge in [0.25, 0.3) is 0 Å². The zero-order chi connectivity index (χ0) is 28.3. The van der Waals surface area contributed by atoms with Gasteiger partial charge < -0.3 is 9.30 Å². The smallest absolute Gasteiger partial charge is 0.140 e. The van der Waals surface area contributed by atoms with Crippen LogP contribution in [0.2, 0.25) is 0 Å². The van der Waals surface area contributed by atoms with E-state index in [1.54, 1.807) is 0 Å². The van der Waals surface area contributed by atoms with Gasteiger partial charge in [-0.2, -0.15) is 0 Å². The predicted octanol–water partition coefficient (Wildman–Crippen LogP) is 9.61. The molecule has 5 rings (SSSR count). The number of hydrogen-bond acceptors (Lipinski definition) is 3. The molecule has 210 valence electrons. The number of aromatic nitrogens is 2. The molecule has 4 heteroatoms. The standard InChI is InChI=1S/C37H41N3O/c1-3-5-25-39(28-30-17-16-24-34(27-30)41-33-22-14-9-15-23-33)29-35-36(31-18-10-7-11-19-31)38-37(40(35)26-6-4-2)32-20-12-8-13-21-32/h7-24,27H,3-6,25-26,28-29H2,1-2H3. The SMILES string of the molecule is CCCCN(Cc1cccc(Oc2ccccc2)c1)Cc1c(-c2ccccc2)nc(-c2ccccc2)n1CCCC. The van der Waals surface area contributed by atoms with Crippen LogP contribution in [0, 0.1) is 0 Å². The lowest BCUT2D eigenvalue weighted by Gasteiger charge is -2.24. The number of benzene rings is 4. The molecule has 5 aromatic rings. The number of rotatable bonds is 14. The molecule has 0 radical (unpaired) electrons. The first-order chi connectivity index (χ1) is 20.2. The van der Waals surface area contributed by atoms with Crippen molar-refractivity contribution in [1.29, 1.82) is 0 Å². The molecule has 1 heterocycles. The summed E-state index contributed by atoms with van der Waals surface area (Å²) in [6.07, 6.45) is 4.56. The lowest BCUT2D eigenvalue weighted by atomic mass is 10.1. The topological polar surface area (TPSA) is 30.3 Å². The van der Waals surface area contributed by atoms with E-state index in [9.17, 15) is 0 Å². The molecule has 0 N–H and O–H groups in total. The van der Waals surface area contributed by atoms with Crippen LogP contribution in [-0.4, -0.2) is 21.0 Å². The summed E-state index contributed by atoms with van der Waals surface area (Å²) in [5, 5.41) is 0. The van der Waals surface area contributed by atoms with Crippen LogP contribution < -0.4 is 4.74 Å². The van der Waals surface area contributed by atoms with Gasteiger partial charge in [0, 0.05) is 30.8 Å². The largest absolute Gasteiger partial charge is 0.457 e. The fourth-order valence-corrected chi connectivity index (χ4v) is 5.24. The van der Waals surface area contributed by atoms with Crippen molar-refractivity contribution >= 4 is 0 Å². The third kappa shape index (κ3) is 7.53.